The molecule has 1 unspecified atom stereocenters. The lowest BCUT2D eigenvalue weighted by atomic mass is 9.80. The van der Waals surface area contributed by atoms with Crippen LogP contribution in [0.25, 0.3) is 11.2 Å². The summed E-state index contributed by atoms with van der Waals surface area (Å²) in [5.74, 6) is 1.41. The monoisotopic (exact) mass is 770 g/mol. The maximum absolute atomic E-state index is 12.6. The number of nitrogens with zero attached hydrogens (tertiary/aromatic N) is 5. The summed E-state index contributed by atoms with van der Waals surface area (Å²) in [4.78, 5) is 21.2. The molecule has 15 heteroatoms. The van der Waals surface area contributed by atoms with Crippen molar-refractivity contribution in [3.63, 3.8) is 0 Å². The van der Waals surface area contributed by atoms with Crippen LogP contribution >= 0.6 is 8.53 Å². The van der Waals surface area contributed by atoms with Gasteiger partial charge in [-0.2, -0.15) is 10.2 Å². The Morgan fingerprint density at radius 1 is 0.964 bits per heavy atom. The Balaban J connectivity index is 1.44. The van der Waals surface area contributed by atoms with Crippen molar-refractivity contribution in [3.8, 4) is 17.6 Å². The zero-order valence-electron chi connectivity index (χ0n) is 31.8. The Morgan fingerprint density at radius 3 is 2.13 bits per heavy atom. The fraction of sp³-hybridized carbons (Fsp3) is 0.400. The number of imidazole rings is 1. The van der Waals surface area contributed by atoms with Crippen molar-refractivity contribution in [2.24, 2.45) is 0 Å². The molecule has 1 saturated heterocycles. The van der Waals surface area contributed by atoms with E-state index < -0.39 is 38.2 Å². The first-order valence-electron chi connectivity index (χ1n) is 18.1. The summed E-state index contributed by atoms with van der Waals surface area (Å²) in [6.07, 6.45) is 0.118. The summed E-state index contributed by atoms with van der Waals surface area (Å²) in [6.45, 7) is 8.59. The number of nitrogens with two attached hydrogens (primary N) is 1. The van der Waals surface area contributed by atoms with Crippen molar-refractivity contribution in [3.05, 3.63) is 112 Å². The normalized spacial score (nSPS) is 17.9. The lowest BCUT2D eigenvalue weighted by Crippen LogP contribution is -2.39. The first kappa shape index (κ1) is 39.8. The van der Waals surface area contributed by atoms with Gasteiger partial charge in [0.15, 0.2) is 11.2 Å². The number of hydrogen-bond donors (Lipinski definition) is 1. The van der Waals surface area contributed by atoms with Crippen LogP contribution < -0.4 is 20.8 Å². The molecule has 0 saturated carbocycles. The predicted octanol–water partition coefficient (Wildman–Crippen LogP) is 6.94. The molecule has 6 rings (SSSR count). The summed E-state index contributed by atoms with van der Waals surface area (Å²) in [5.41, 5.74) is 6.90. The minimum absolute atomic E-state index is 0.0324. The maximum atomic E-state index is 12.6. The molecular weight excluding hydrogens is 723 g/mol. The van der Waals surface area contributed by atoms with Crippen LogP contribution in [0, 0.1) is 11.3 Å². The van der Waals surface area contributed by atoms with Gasteiger partial charge in [-0.15, -0.1) is 0 Å². The average molecular weight is 771 g/mol. The minimum atomic E-state index is -1.66. The molecule has 55 heavy (non-hydrogen) atoms. The van der Waals surface area contributed by atoms with E-state index in [9.17, 15) is 10.1 Å². The highest BCUT2D eigenvalue weighted by atomic mass is 31.2. The summed E-state index contributed by atoms with van der Waals surface area (Å²) >= 11 is 0. The highest BCUT2D eigenvalue weighted by molar-refractivity contribution is 7.44. The molecule has 0 bridgehead atoms. The van der Waals surface area contributed by atoms with Crippen LogP contribution in [-0.2, 0) is 24.1 Å². The first-order chi connectivity index (χ1) is 26.6. The van der Waals surface area contributed by atoms with Gasteiger partial charge in [0, 0.05) is 18.5 Å². The molecule has 1 aliphatic heterocycles. The Labute approximate surface area is 321 Å². The van der Waals surface area contributed by atoms with E-state index in [1.54, 1.807) is 18.8 Å². The molecule has 290 valence electrons. The third kappa shape index (κ3) is 8.53. The summed E-state index contributed by atoms with van der Waals surface area (Å²) in [7, 11) is 1.60. The fourth-order valence-corrected chi connectivity index (χ4v) is 8.67. The van der Waals surface area contributed by atoms with E-state index >= 15 is 0 Å². The molecule has 2 aromatic heterocycles. The van der Waals surface area contributed by atoms with Crippen molar-refractivity contribution >= 4 is 25.7 Å². The lowest BCUT2D eigenvalue weighted by Gasteiger charge is -2.39. The fourth-order valence-electron chi connectivity index (χ4n) is 6.91. The molecule has 1 fully saturated rings. The molecule has 0 spiro atoms. The number of anilines is 1. The number of benzene rings is 3. The second-order valence-electron chi connectivity index (χ2n) is 13.5. The van der Waals surface area contributed by atoms with Gasteiger partial charge >= 0.3 is 5.63 Å². The van der Waals surface area contributed by atoms with Gasteiger partial charge in [0.1, 0.15) is 29.4 Å². The number of nitrogen functional groups attached to an aromatic ring is 1. The van der Waals surface area contributed by atoms with Crippen LogP contribution in [-0.4, -0.2) is 70.9 Å². The molecule has 0 aliphatic carbocycles. The number of methoxy groups -OCH3 is 2. The molecule has 3 heterocycles. The number of nitriles is 1. The van der Waals surface area contributed by atoms with Crippen molar-refractivity contribution in [2.75, 3.05) is 33.2 Å². The van der Waals surface area contributed by atoms with Crippen LogP contribution in [0.3, 0.4) is 0 Å². The molecule has 0 radical (unpaired) electrons. The topological polar surface area (TPSA) is 169 Å². The molecule has 3 aromatic carbocycles. The average Bonchev–Trinajstić information content (AvgIpc) is 3.79. The number of ether oxygens (including phenoxy) is 4. The smallest absolute Gasteiger partial charge is 0.368 e. The van der Waals surface area contributed by atoms with E-state index in [-0.39, 0.29) is 48.9 Å². The van der Waals surface area contributed by atoms with Gasteiger partial charge in [-0.05, 0) is 68.7 Å². The number of rotatable bonds is 17. The molecule has 5 aromatic rings. The Bertz CT molecular complexity index is 2050. The molecule has 1 aliphatic rings. The zero-order valence-corrected chi connectivity index (χ0v) is 32.7. The van der Waals surface area contributed by atoms with Crippen LogP contribution in [0.2, 0.25) is 0 Å². The van der Waals surface area contributed by atoms with E-state index in [1.807, 2.05) is 78.9 Å². The first-order valence-corrected chi connectivity index (χ1v) is 19.2. The number of aromatic nitrogens is 3. The van der Waals surface area contributed by atoms with Crippen LogP contribution in [0.4, 0.5) is 6.01 Å². The largest absolute Gasteiger partial charge is 0.497 e. The number of fused-ring (bicyclic) bond motifs is 1. The van der Waals surface area contributed by atoms with E-state index in [0.717, 1.165) is 16.7 Å². The van der Waals surface area contributed by atoms with Gasteiger partial charge in [0.25, 0.3) is 14.5 Å². The highest BCUT2D eigenvalue weighted by Crippen LogP contribution is 2.51. The van der Waals surface area contributed by atoms with E-state index in [4.69, 9.17) is 38.1 Å². The molecule has 2 N–H and O–H groups in total. The molecule has 0 amide bonds. The van der Waals surface area contributed by atoms with Gasteiger partial charge in [0.05, 0.1) is 52.4 Å². The third-order valence-electron chi connectivity index (χ3n) is 9.39. The highest BCUT2D eigenvalue weighted by Gasteiger charge is 2.45. The maximum Gasteiger partial charge on any atom is 0.368 e. The van der Waals surface area contributed by atoms with Crippen molar-refractivity contribution in [2.45, 2.75) is 76.7 Å². The van der Waals surface area contributed by atoms with Crippen LogP contribution in [0.1, 0.15) is 63.5 Å². The van der Waals surface area contributed by atoms with E-state index in [0.29, 0.717) is 17.9 Å². The van der Waals surface area contributed by atoms with Gasteiger partial charge in [-0.1, -0.05) is 54.6 Å². The molecule has 4 atom stereocenters. The van der Waals surface area contributed by atoms with Gasteiger partial charge in [0.2, 0.25) is 0 Å². The van der Waals surface area contributed by atoms with E-state index in [2.05, 4.69) is 48.4 Å². The lowest BCUT2D eigenvalue weighted by molar-refractivity contribution is -0.0912. The second kappa shape index (κ2) is 17.7. The standard InChI is InChI=1S/C40H47N6O8P/c1-26(2)46(27(3)4)55(51-22-10-21-41)54-33-23-35(45-25-43-36-37(45)44-39(42)53-38(36)47)52-34(33)24-50-40(28-11-8-7-9-12-28,29-13-17-31(48-5)18-14-29)30-15-19-32(49-6)20-16-30/h7-9,11-20,25-27,33-35H,10,22-24H2,1-6H3,(H2,42,44)/t33-,34+,35+,55?/m0/s1. The Hall–Kier alpha value is -4.87. The van der Waals surface area contributed by atoms with Crippen molar-refractivity contribution < 1.29 is 32.4 Å². The Morgan fingerprint density at radius 2 is 1.56 bits per heavy atom. The SMILES string of the molecule is COc1ccc(C(OC[C@H]2O[C@@H](n3cnc4c(=O)oc(N)nc43)C[C@@H]2OP(OCCC#N)N(C(C)C)C(C)C)(c2ccccc2)c2ccc(OC)cc2)cc1. The number of hydrogen-bond acceptors (Lipinski definition) is 13. The van der Waals surface area contributed by atoms with Gasteiger partial charge in [-0.25, -0.2) is 14.4 Å². The second-order valence-corrected chi connectivity index (χ2v) is 14.9. The predicted molar refractivity (Wildman–Crippen MR) is 207 cm³/mol. The quantitative estimate of drug-likeness (QED) is 0.0587. The van der Waals surface area contributed by atoms with Gasteiger partial charge in [-0.3, -0.25) is 4.57 Å². The summed E-state index contributed by atoms with van der Waals surface area (Å²) in [5, 5.41) is 9.33. The van der Waals surface area contributed by atoms with Crippen LogP contribution in [0.5, 0.6) is 11.5 Å². The van der Waals surface area contributed by atoms with Gasteiger partial charge < -0.3 is 38.1 Å². The summed E-state index contributed by atoms with van der Waals surface area (Å²) < 4.78 is 47.2. The Kier molecular flexibility index (Phi) is 12.8. The molecular formula is C40H47N6O8P. The zero-order chi connectivity index (χ0) is 39.1. The minimum Gasteiger partial charge on any atom is -0.497 e. The van der Waals surface area contributed by atoms with Crippen molar-refractivity contribution in [1.29, 1.82) is 5.26 Å². The summed E-state index contributed by atoms with van der Waals surface area (Å²) in [6, 6.07) is 27.6. The van der Waals surface area contributed by atoms with Crippen molar-refractivity contribution in [1.82, 2.24) is 19.2 Å². The third-order valence-corrected chi connectivity index (χ3v) is 11.5. The van der Waals surface area contributed by atoms with E-state index in [1.165, 1.54) is 6.33 Å². The molecule has 14 nitrogen and oxygen atoms in total. The van der Waals surface area contributed by atoms with Crippen LogP contribution in [0.15, 0.2) is 94.4 Å².